The van der Waals surface area contributed by atoms with Gasteiger partial charge in [0.05, 0.1) is 5.69 Å². The summed E-state index contributed by atoms with van der Waals surface area (Å²) in [5.74, 6) is 0.321. The number of nitrogens with one attached hydrogen (secondary N) is 1. The SMILES string of the molecule is CCc1nc(Nc2cc(I)nc(C)n2)sc1C(=O)O. The lowest BCUT2D eigenvalue weighted by atomic mass is 10.3. The molecule has 0 radical (unpaired) electrons. The summed E-state index contributed by atoms with van der Waals surface area (Å²) in [4.78, 5) is 24.0. The number of hydrogen-bond acceptors (Lipinski definition) is 6. The number of halogens is 1. The Morgan fingerprint density at radius 3 is 2.74 bits per heavy atom. The predicted molar refractivity (Wildman–Crippen MR) is 81.2 cm³/mol. The summed E-state index contributed by atoms with van der Waals surface area (Å²) < 4.78 is 0.818. The Bertz CT molecular complexity index is 609. The van der Waals surface area contributed by atoms with E-state index in [1.807, 2.05) is 6.92 Å². The van der Waals surface area contributed by atoms with Gasteiger partial charge < -0.3 is 10.4 Å². The van der Waals surface area contributed by atoms with Crippen molar-refractivity contribution in [2.24, 2.45) is 0 Å². The second kappa shape index (κ2) is 5.78. The van der Waals surface area contributed by atoms with Crippen molar-refractivity contribution in [2.45, 2.75) is 20.3 Å². The van der Waals surface area contributed by atoms with Crippen molar-refractivity contribution >= 4 is 50.8 Å². The van der Waals surface area contributed by atoms with Crippen molar-refractivity contribution in [3.63, 3.8) is 0 Å². The van der Waals surface area contributed by atoms with E-state index in [0.29, 0.717) is 28.9 Å². The molecule has 0 bridgehead atoms. The Hall–Kier alpha value is -1.29. The molecule has 0 fully saturated rings. The third-order valence-corrected chi connectivity index (χ3v) is 3.82. The summed E-state index contributed by atoms with van der Waals surface area (Å²) >= 11 is 3.22. The number of aromatic carboxylic acids is 1. The van der Waals surface area contributed by atoms with Crippen LogP contribution in [0.25, 0.3) is 0 Å². The van der Waals surface area contributed by atoms with Crippen LogP contribution in [-0.4, -0.2) is 26.0 Å². The van der Waals surface area contributed by atoms with Crippen molar-refractivity contribution in [1.29, 1.82) is 0 Å². The van der Waals surface area contributed by atoms with Crippen molar-refractivity contribution in [3.8, 4) is 0 Å². The van der Waals surface area contributed by atoms with Crippen LogP contribution in [0.2, 0.25) is 0 Å². The summed E-state index contributed by atoms with van der Waals surface area (Å²) in [6.07, 6.45) is 0.583. The number of aromatic nitrogens is 3. The molecule has 19 heavy (non-hydrogen) atoms. The van der Waals surface area contributed by atoms with Crippen LogP contribution < -0.4 is 5.32 Å². The maximum atomic E-state index is 11.1. The van der Waals surface area contributed by atoms with Crippen LogP contribution in [0.3, 0.4) is 0 Å². The van der Waals surface area contributed by atoms with Crippen LogP contribution in [-0.2, 0) is 6.42 Å². The molecule has 2 heterocycles. The normalized spacial score (nSPS) is 10.5. The lowest BCUT2D eigenvalue weighted by Gasteiger charge is -2.02. The van der Waals surface area contributed by atoms with Gasteiger partial charge in [-0.2, -0.15) is 0 Å². The van der Waals surface area contributed by atoms with Gasteiger partial charge in [0.25, 0.3) is 0 Å². The van der Waals surface area contributed by atoms with Gasteiger partial charge in [0.2, 0.25) is 0 Å². The van der Waals surface area contributed by atoms with Crippen LogP contribution in [0.5, 0.6) is 0 Å². The van der Waals surface area contributed by atoms with Gasteiger partial charge in [-0.1, -0.05) is 18.3 Å². The van der Waals surface area contributed by atoms with Crippen molar-refractivity contribution in [3.05, 3.63) is 26.2 Å². The van der Waals surface area contributed by atoms with E-state index in [2.05, 4.69) is 42.9 Å². The Kier molecular flexibility index (Phi) is 4.30. The molecule has 0 unspecified atom stereocenters. The van der Waals surface area contributed by atoms with Crippen LogP contribution in [0, 0.1) is 10.6 Å². The van der Waals surface area contributed by atoms with E-state index in [4.69, 9.17) is 5.11 Å². The quantitative estimate of drug-likeness (QED) is 0.617. The summed E-state index contributed by atoms with van der Waals surface area (Å²) in [7, 11) is 0. The first-order valence-electron chi connectivity index (χ1n) is 5.50. The average molecular weight is 390 g/mol. The smallest absolute Gasteiger partial charge is 0.347 e. The number of carboxylic acid groups (broad SMARTS) is 1. The van der Waals surface area contributed by atoms with Crippen LogP contribution in [0.1, 0.15) is 28.1 Å². The molecule has 0 aliphatic rings. The predicted octanol–water partition coefficient (Wildman–Crippen LogP) is 2.85. The number of anilines is 2. The summed E-state index contributed by atoms with van der Waals surface area (Å²) in [6, 6.07) is 1.78. The fraction of sp³-hybridized carbons (Fsp3) is 0.273. The molecular formula is C11H11IN4O2S. The summed E-state index contributed by atoms with van der Waals surface area (Å²) in [5, 5.41) is 12.6. The van der Waals surface area contributed by atoms with Crippen LogP contribution in [0.15, 0.2) is 6.07 Å². The highest BCUT2D eigenvalue weighted by Crippen LogP contribution is 2.26. The Labute approximate surface area is 127 Å². The number of carboxylic acids is 1. The Morgan fingerprint density at radius 2 is 2.21 bits per heavy atom. The summed E-state index contributed by atoms with van der Waals surface area (Å²) in [5.41, 5.74) is 0.584. The third-order valence-electron chi connectivity index (χ3n) is 2.27. The van der Waals surface area contributed by atoms with Gasteiger partial charge >= 0.3 is 5.97 Å². The van der Waals surface area contributed by atoms with E-state index in [-0.39, 0.29) is 4.88 Å². The van der Waals surface area contributed by atoms with Gasteiger partial charge in [-0.05, 0) is 35.9 Å². The van der Waals surface area contributed by atoms with E-state index in [1.165, 1.54) is 0 Å². The number of nitrogens with zero attached hydrogens (tertiary/aromatic N) is 3. The molecule has 0 saturated carbocycles. The van der Waals surface area contributed by atoms with Crippen molar-refractivity contribution < 1.29 is 9.90 Å². The number of aryl methyl sites for hydroxylation is 2. The van der Waals surface area contributed by atoms with Gasteiger partial charge in [-0.3, -0.25) is 0 Å². The molecule has 100 valence electrons. The maximum Gasteiger partial charge on any atom is 0.347 e. The fourth-order valence-corrected chi connectivity index (χ4v) is 3.06. The van der Waals surface area contributed by atoms with Crippen molar-refractivity contribution in [2.75, 3.05) is 5.32 Å². The number of hydrogen-bond donors (Lipinski definition) is 2. The highest BCUT2D eigenvalue weighted by molar-refractivity contribution is 14.1. The third kappa shape index (κ3) is 3.38. The minimum atomic E-state index is -0.948. The molecule has 8 heteroatoms. The second-order valence-electron chi connectivity index (χ2n) is 3.70. The molecule has 0 saturated heterocycles. The molecule has 0 aromatic carbocycles. The molecule has 0 aliphatic heterocycles. The van der Waals surface area contributed by atoms with Gasteiger partial charge in [-0.15, -0.1) is 0 Å². The zero-order chi connectivity index (χ0) is 14.0. The zero-order valence-corrected chi connectivity index (χ0v) is 13.2. The van der Waals surface area contributed by atoms with Crippen molar-refractivity contribution in [1.82, 2.24) is 15.0 Å². The van der Waals surface area contributed by atoms with Crippen LogP contribution >= 0.6 is 33.9 Å². The molecule has 6 nitrogen and oxygen atoms in total. The molecular weight excluding hydrogens is 379 g/mol. The van der Waals surface area contributed by atoms with Gasteiger partial charge in [0, 0.05) is 6.07 Å². The number of thiazole rings is 1. The first kappa shape index (κ1) is 14.1. The molecule has 0 spiro atoms. The maximum absolute atomic E-state index is 11.1. The monoisotopic (exact) mass is 390 g/mol. The Balaban J connectivity index is 2.30. The second-order valence-corrected chi connectivity index (χ2v) is 5.81. The van der Waals surface area contributed by atoms with Gasteiger partial charge in [0.1, 0.15) is 20.2 Å². The fourth-order valence-electron chi connectivity index (χ4n) is 1.52. The number of carbonyl (C=O) groups is 1. The van der Waals surface area contributed by atoms with Crippen LogP contribution in [0.4, 0.5) is 10.9 Å². The summed E-state index contributed by atoms with van der Waals surface area (Å²) in [6.45, 7) is 3.68. The van der Waals surface area contributed by atoms with E-state index in [0.717, 1.165) is 15.0 Å². The molecule has 0 amide bonds. The van der Waals surface area contributed by atoms with E-state index < -0.39 is 5.97 Å². The molecule has 0 aliphatic carbocycles. The van der Waals surface area contributed by atoms with E-state index in [1.54, 1.807) is 13.0 Å². The molecule has 2 aromatic heterocycles. The van der Waals surface area contributed by atoms with Gasteiger partial charge in [0.15, 0.2) is 5.13 Å². The molecule has 2 aromatic rings. The zero-order valence-electron chi connectivity index (χ0n) is 10.3. The standard InChI is InChI=1S/C11H11IN4O2S/c1-3-6-9(10(17)18)19-11(15-6)16-8-4-7(12)13-5(2)14-8/h4H,3H2,1-2H3,(H,17,18)(H,13,14,15,16). The molecule has 2 N–H and O–H groups in total. The average Bonchev–Trinajstić information content (AvgIpc) is 2.70. The highest BCUT2D eigenvalue weighted by atomic mass is 127. The first-order valence-corrected chi connectivity index (χ1v) is 7.40. The first-order chi connectivity index (χ1) is 8.99. The van der Waals surface area contributed by atoms with Gasteiger partial charge in [-0.25, -0.2) is 19.7 Å². The topological polar surface area (TPSA) is 88.0 Å². The highest BCUT2D eigenvalue weighted by Gasteiger charge is 2.16. The molecule has 2 rings (SSSR count). The largest absolute Gasteiger partial charge is 0.477 e. The Morgan fingerprint density at radius 1 is 1.47 bits per heavy atom. The molecule has 0 atom stereocenters. The lowest BCUT2D eigenvalue weighted by molar-refractivity contribution is 0.0701. The van der Waals surface area contributed by atoms with E-state index in [9.17, 15) is 4.79 Å². The lowest BCUT2D eigenvalue weighted by Crippen LogP contribution is -1.98. The minimum Gasteiger partial charge on any atom is -0.477 e. The number of rotatable bonds is 4. The van der Waals surface area contributed by atoms with E-state index >= 15 is 0 Å². The minimum absolute atomic E-state index is 0.269.